The predicted molar refractivity (Wildman–Crippen MR) is 189 cm³/mol. The Morgan fingerprint density at radius 3 is 1.68 bits per heavy atom. The molecule has 4 fully saturated rings. The molecule has 4 aliphatic rings. The molecule has 2 unspecified atom stereocenters. The van der Waals surface area contributed by atoms with Gasteiger partial charge in [0.05, 0.1) is 0 Å². The summed E-state index contributed by atoms with van der Waals surface area (Å²) >= 11 is 0. The molecule has 0 bridgehead atoms. The predicted octanol–water partition coefficient (Wildman–Crippen LogP) is 5.25. The van der Waals surface area contributed by atoms with E-state index in [9.17, 15) is 36.9 Å². The SMILES string of the molecule is CC(=O)OC(CC(C)C(C)C)[C@@H](C)[C@H]1CC[C@@H]2[C@@H]3[C@@H](OC(C)=O)[C@H](OC(C)=O)[C@H]4[C@H](OC(C)=O)[C@H](OC(C)=O)[C@@H](OS(=O)(=O)O)C[C@]4(C)[C@H]3CC[C@@]21C. The Morgan fingerprint density at radius 2 is 1.19 bits per heavy atom. The summed E-state index contributed by atoms with van der Waals surface area (Å²) in [5.74, 6) is -4.17. The third-order valence-electron chi connectivity index (χ3n) is 13.5. The zero-order valence-electron chi connectivity index (χ0n) is 33.0. The molecule has 0 spiro atoms. The first-order chi connectivity index (χ1) is 24.4. The molecule has 14 nitrogen and oxygen atoms in total. The average molecular weight is 773 g/mol. The van der Waals surface area contributed by atoms with Crippen LogP contribution in [0.4, 0.5) is 0 Å². The molecule has 0 aromatic rings. The van der Waals surface area contributed by atoms with E-state index in [1.54, 1.807) is 0 Å². The number of hydrogen-bond acceptors (Lipinski definition) is 13. The minimum atomic E-state index is -5.09. The van der Waals surface area contributed by atoms with Gasteiger partial charge in [-0.15, -0.1) is 0 Å². The van der Waals surface area contributed by atoms with Gasteiger partial charge in [0.15, 0.2) is 6.10 Å². The van der Waals surface area contributed by atoms with E-state index in [1.165, 1.54) is 20.8 Å². The summed E-state index contributed by atoms with van der Waals surface area (Å²) in [4.78, 5) is 63.4. The van der Waals surface area contributed by atoms with Crippen LogP contribution >= 0.6 is 0 Å². The molecule has 53 heavy (non-hydrogen) atoms. The molecule has 4 saturated carbocycles. The molecule has 15 heteroatoms. The quantitative estimate of drug-likeness (QED) is 0.153. The Bertz CT molecular complexity index is 1510. The highest BCUT2D eigenvalue weighted by Crippen LogP contribution is 2.69. The Labute approximate surface area is 314 Å². The number of hydrogen-bond donors (Lipinski definition) is 1. The first-order valence-corrected chi connectivity index (χ1v) is 20.3. The molecule has 0 aromatic heterocycles. The smallest absolute Gasteiger partial charge is 0.397 e. The van der Waals surface area contributed by atoms with Crippen LogP contribution in [-0.4, -0.2) is 79.4 Å². The number of ether oxygens (including phenoxy) is 5. The molecule has 0 aromatic carbocycles. The molecule has 0 aliphatic heterocycles. The fourth-order valence-corrected chi connectivity index (χ4v) is 11.7. The van der Waals surface area contributed by atoms with Crippen molar-refractivity contribution in [3.05, 3.63) is 0 Å². The summed E-state index contributed by atoms with van der Waals surface area (Å²) < 4.78 is 69.2. The van der Waals surface area contributed by atoms with Crippen molar-refractivity contribution in [3.63, 3.8) is 0 Å². The fraction of sp³-hybridized carbons (Fsp3) is 0.868. The third kappa shape index (κ3) is 9.03. The van der Waals surface area contributed by atoms with Gasteiger partial charge in [-0.3, -0.25) is 28.5 Å². The van der Waals surface area contributed by atoms with E-state index >= 15 is 0 Å². The first kappa shape index (κ1) is 43.0. The Hall–Kier alpha value is -2.78. The van der Waals surface area contributed by atoms with E-state index in [-0.39, 0.29) is 47.6 Å². The van der Waals surface area contributed by atoms with Crippen molar-refractivity contribution < 1.29 is 64.8 Å². The van der Waals surface area contributed by atoms with Gasteiger partial charge in [-0.2, -0.15) is 8.42 Å². The van der Waals surface area contributed by atoms with Gasteiger partial charge in [-0.1, -0.05) is 41.5 Å². The molecule has 0 radical (unpaired) electrons. The van der Waals surface area contributed by atoms with Crippen molar-refractivity contribution >= 4 is 40.2 Å². The summed E-state index contributed by atoms with van der Waals surface area (Å²) in [5.41, 5.74) is -1.34. The summed E-state index contributed by atoms with van der Waals surface area (Å²) in [6.07, 6.45) is -3.46. The second kappa shape index (κ2) is 16.1. The molecular formula is C38H60O14S. The van der Waals surface area contributed by atoms with Crippen LogP contribution in [0.25, 0.3) is 0 Å². The third-order valence-corrected chi connectivity index (χ3v) is 14.0. The summed E-state index contributed by atoms with van der Waals surface area (Å²) in [6.45, 7) is 18.9. The van der Waals surface area contributed by atoms with Crippen LogP contribution in [0.5, 0.6) is 0 Å². The van der Waals surface area contributed by atoms with Gasteiger partial charge in [-0.25, -0.2) is 4.18 Å². The van der Waals surface area contributed by atoms with E-state index in [0.29, 0.717) is 24.7 Å². The van der Waals surface area contributed by atoms with Gasteiger partial charge in [0.2, 0.25) is 0 Å². The van der Waals surface area contributed by atoms with Crippen molar-refractivity contribution in [2.45, 2.75) is 151 Å². The molecule has 302 valence electrons. The van der Waals surface area contributed by atoms with Crippen LogP contribution in [0.1, 0.15) is 115 Å². The molecule has 4 aliphatic carbocycles. The van der Waals surface area contributed by atoms with Gasteiger partial charge in [0, 0.05) is 46.5 Å². The molecule has 4 rings (SSSR count). The monoisotopic (exact) mass is 772 g/mol. The normalized spacial score (nSPS) is 38.2. The van der Waals surface area contributed by atoms with Gasteiger partial charge >= 0.3 is 40.2 Å². The maximum absolute atomic E-state index is 12.9. The summed E-state index contributed by atoms with van der Waals surface area (Å²) in [5, 5.41) is 0. The number of carbonyl (C=O) groups is 5. The number of fused-ring (bicyclic) bond motifs is 5. The van der Waals surface area contributed by atoms with Crippen molar-refractivity contribution in [1.82, 2.24) is 0 Å². The van der Waals surface area contributed by atoms with E-state index in [0.717, 1.165) is 33.1 Å². The lowest BCUT2D eigenvalue weighted by Crippen LogP contribution is -2.72. The highest BCUT2D eigenvalue weighted by molar-refractivity contribution is 7.80. The molecule has 1 N–H and O–H groups in total. The van der Waals surface area contributed by atoms with Gasteiger partial charge in [-0.05, 0) is 84.9 Å². The zero-order chi connectivity index (χ0) is 40.0. The first-order valence-electron chi connectivity index (χ1n) is 18.9. The zero-order valence-corrected chi connectivity index (χ0v) is 33.8. The van der Waals surface area contributed by atoms with E-state index in [1.807, 2.05) is 6.92 Å². The Morgan fingerprint density at radius 1 is 0.698 bits per heavy atom. The highest BCUT2D eigenvalue weighted by Gasteiger charge is 2.72. The largest absolute Gasteiger partial charge is 0.462 e. The van der Waals surface area contributed by atoms with Gasteiger partial charge in [0.25, 0.3) is 0 Å². The Kier molecular flexibility index (Phi) is 13.1. The number of rotatable bonds is 12. The highest BCUT2D eigenvalue weighted by atomic mass is 32.3. The van der Waals surface area contributed by atoms with E-state index in [2.05, 4.69) is 34.6 Å². The lowest BCUT2D eigenvalue weighted by molar-refractivity contribution is -0.278. The van der Waals surface area contributed by atoms with Crippen molar-refractivity contribution in [2.24, 2.45) is 58.2 Å². The van der Waals surface area contributed by atoms with Gasteiger partial charge < -0.3 is 23.7 Å². The van der Waals surface area contributed by atoms with Crippen LogP contribution in [0.15, 0.2) is 0 Å². The maximum atomic E-state index is 12.9. The number of carbonyl (C=O) groups excluding carboxylic acids is 5. The minimum Gasteiger partial charge on any atom is -0.462 e. The standard InChI is InChI=1S/C38H60O14S/c1-18(2)19(3)16-29(47-21(5)39)20(4)26-12-13-27-31-28(14-15-37(26,27)10)38(11)17-30(52-53(44,45)46)33(48-22(6)40)35(50-24(8)42)32(38)36(51-25(9)43)34(31)49-23(7)41/h18-20,26-36H,12-17H2,1-11H3,(H,44,45,46)/t19?,20-,26+,27+,28-,29?,30-,31-,32+,33+,34+,35-,36+,37+,38+/m0/s1. The summed E-state index contributed by atoms with van der Waals surface area (Å²) in [6, 6.07) is 0. The van der Waals surface area contributed by atoms with Crippen molar-refractivity contribution in [2.75, 3.05) is 0 Å². The maximum Gasteiger partial charge on any atom is 0.397 e. The molecule has 0 heterocycles. The second-order valence-electron chi connectivity index (χ2n) is 17.1. The van der Waals surface area contributed by atoms with Gasteiger partial charge in [0.1, 0.15) is 30.5 Å². The average Bonchev–Trinajstić information content (AvgIpc) is 3.34. The molecule has 0 saturated heterocycles. The van der Waals surface area contributed by atoms with Crippen molar-refractivity contribution in [1.29, 1.82) is 0 Å². The van der Waals surface area contributed by atoms with Crippen LogP contribution < -0.4 is 0 Å². The molecular weight excluding hydrogens is 712 g/mol. The minimum absolute atomic E-state index is 0.00456. The molecule has 0 amide bonds. The Balaban J connectivity index is 1.88. The van der Waals surface area contributed by atoms with Crippen molar-refractivity contribution in [3.8, 4) is 0 Å². The fourth-order valence-electron chi connectivity index (χ4n) is 11.2. The van der Waals surface area contributed by atoms with Crippen LogP contribution in [-0.2, 0) is 62.2 Å². The lowest BCUT2D eigenvalue weighted by Gasteiger charge is -2.65. The van der Waals surface area contributed by atoms with Crippen LogP contribution in [0, 0.1) is 58.2 Å². The van der Waals surface area contributed by atoms with Crippen LogP contribution in [0.3, 0.4) is 0 Å². The van der Waals surface area contributed by atoms with E-state index in [4.69, 9.17) is 27.9 Å². The lowest BCUT2D eigenvalue weighted by atomic mass is 9.42. The topological polar surface area (TPSA) is 195 Å². The second-order valence-corrected chi connectivity index (χ2v) is 18.1. The van der Waals surface area contributed by atoms with E-state index < -0.39 is 82.0 Å². The number of esters is 5. The summed E-state index contributed by atoms with van der Waals surface area (Å²) in [7, 11) is -5.09. The van der Waals surface area contributed by atoms with Crippen LogP contribution in [0.2, 0.25) is 0 Å². The molecule has 15 atom stereocenters.